The standard InChI is InChI=1S/C31H38ClF3N8O5/c1-5-23-25(39-8-10-40(11-9-39)29(46)48-30(2,3)4)26(45)43-28(37-27(38-43)41-13-18-16-47-17-19(18)14-41)42(23)15-24(44)36-22-7-6-20(12-21(22)32)31(33,34)35/h6-7,12,18-19H,5,8-11,13-17H2,1-4H3,(H,36,44)/t18-,19+. The molecule has 0 spiro atoms. The third kappa shape index (κ3) is 6.77. The molecular formula is C31H38ClF3N8O5. The van der Waals surface area contributed by atoms with Crippen LogP contribution < -0.4 is 20.7 Å². The molecule has 0 bridgehead atoms. The fourth-order valence-corrected chi connectivity index (χ4v) is 6.70. The Kier molecular flexibility index (Phi) is 9.00. The average Bonchev–Trinajstić information content (AvgIpc) is 3.74. The van der Waals surface area contributed by atoms with Crippen molar-refractivity contribution < 1.29 is 32.2 Å². The zero-order chi connectivity index (χ0) is 34.5. The summed E-state index contributed by atoms with van der Waals surface area (Å²) < 4.78 is 53.5. The van der Waals surface area contributed by atoms with Crippen LogP contribution in [0.2, 0.25) is 5.02 Å². The Morgan fingerprint density at radius 1 is 1.06 bits per heavy atom. The molecule has 0 saturated carbocycles. The fourth-order valence-electron chi connectivity index (χ4n) is 6.47. The van der Waals surface area contributed by atoms with Gasteiger partial charge in [-0.15, -0.1) is 5.10 Å². The molecule has 1 aromatic carbocycles. The van der Waals surface area contributed by atoms with E-state index < -0.39 is 34.9 Å². The van der Waals surface area contributed by atoms with E-state index in [-0.39, 0.29) is 23.0 Å². The topological polar surface area (TPSA) is 127 Å². The number of benzene rings is 1. The minimum Gasteiger partial charge on any atom is -0.444 e. The highest BCUT2D eigenvalue weighted by Crippen LogP contribution is 2.34. The number of carbonyl (C=O) groups excluding carboxylic acids is 2. The molecule has 48 heavy (non-hydrogen) atoms. The van der Waals surface area contributed by atoms with Crippen molar-refractivity contribution in [3.05, 3.63) is 44.8 Å². The number of ether oxygens (including phenoxy) is 2. The summed E-state index contributed by atoms with van der Waals surface area (Å²) in [7, 11) is 0. The molecule has 260 valence electrons. The van der Waals surface area contributed by atoms with Gasteiger partial charge in [0.05, 0.1) is 35.2 Å². The molecular weight excluding hydrogens is 657 g/mol. The van der Waals surface area contributed by atoms with Crippen LogP contribution in [0.3, 0.4) is 0 Å². The SMILES string of the molecule is CCc1c(N2CCN(C(=O)OC(C)(C)C)CC2)c(=O)n2nc(N3C[C@H]4COC[C@H]4C3)nc2n1CC(=O)Nc1ccc(C(F)(F)F)cc1Cl. The smallest absolute Gasteiger partial charge is 0.416 e. The first-order valence-corrected chi connectivity index (χ1v) is 16.3. The van der Waals surface area contributed by atoms with Gasteiger partial charge >= 0.3 is 12.3 Å². The molecule has 1 N–H and O–H groups in total. The van der Waals surface area contributed by atoms with E-state index in [0.29, 0.717) is 88.1 Å². The lowest BCUT2D eigenvalue weighted by Gasteiger charge is -2.37. The second kappa shape index (κ2) is 12.8. The molecule has 2 amide bonds. The number of piperazine rings is 1. The number of rotatable bonds is 6. The quantitative estimate of drug-likeness (QED) is 0.409. The van der Waals surface area contributed by atoms with Crippen LogP contribution >= 0.6 is 11.6 Å². The number of fused-ring (bicyclic) bond motifs is 2. The first-order valence-electron chi connectivity index (χ1n) is 15.9. The summed E-state index contributed by atoms with van der Waals surface area (Å²) >= 11 is 6.12. The zero-order valence-electron chi connectivity index (χ0n) is 27.1. The number of alkyl halides is 3. The number of anilines is 3. The summed E-state index contributed by atoms with van der Waals surface area (Å²) in [6, 6.07) is 2.69. The molecule has 0 aliphatic carbocycles. The summed E-state index contributed by atoms with van der Waals surface area (Å²) in [5, 5.41) is 6.96. The highest BCUT2D eigenvalue weighted by Gasteiger charge is 2.39. The highest BCUT2D eigenvalue weighted by atomic mass is 35.5. The number of aromatic nitrogens is 4. The van der Waals surface area contributed by atoms with E-state index in [1.807, 2.05) is 16.7 Å². The van der Waals surface area contributed by atoms with Crippen molar-refractivity contribution in [3.63, 3.8) is 0 Å². The van der Waals surface area contributed by atoms with E-state index >= 15 is 0 Å². The molecule has 0 unspecified atom stereocenters. The van der Waals surface area contributed by atoms with Crippen molar-refractivity contribution in [2.75, 3.05) is 67.6 Å². The Hall–Kier alpha value is -4.05. The Morgan fingerprint density at radius 2 is 1.73 bits per heavy atom. The van der Waals surface area contributed by atoms with Gasteiger partial charge in [0.15, 0.2) is 0 Å². The van der Waals surface area contributed by atoms with Crippen LogP contribution in [0.15, 0.2) is 23.0 Å². The van der Waals surface area contributed by atoms with E-state index in [4.69, 9.17) is 26.1 Å². The molecule has 3 aliphatic heterocycles. The van der Waals surface area contributed by atoms with E-state index in [1.165, 1.54) is 4.52 Å². The van der Waals surface area contributed by atoms with Gasteiger partial charge in [-0.25, -0.2) is 4.79 Å². The zero-order valence-corrected chi connectivity index (χ0v) is 27.9. The molecule has 6 rings (SSSR count). The molecule has 2 aromatic heterocycles. The molecule has 3 aliphatic rings. The van der Waals surface area contributed by atoms with Crippen molar-refractivity contribution in [1.29, 1.82) is 0 Å². The van der Waals surface area contributed by atoms with Crippen molar-refractivity contribution in [2.45, 2.75) is 52.4 Å². The summed E-state index contributed by atoms with van der Waals surface area (Å²) in [6.07, 6.45) is -4.69. The second-order valence-corrected chi connectivity index (χ2v) is 13.7. The Balaban J connectivity index is 1.34. The molecule has 17 heteroatoms. The van der Waals surface area contributed by atoms with E-state index in [2.05, 4.69) is 10.4 Å². The van der Waals surface area contributed by atoms with Crippen LogP contribution in [-0.2, 0) is 33.4 Å². The molecule has 3 saturated heterocycles. The average molecular weight is 695 g/mol. The van der Waals surface area contributed by atoms with Crippen molar-refractivity contribution in [1.82, 2.24) is 24.1 Å². The molecule has 13 nitrogen and oxygen atoms in total. The molecule has 2 atom stereocenters. The Labute approximate surface area is 279 Å². The lowest BCUT2D eigenvalue weighted by Crippen LogP contribution is -2.51. The summed E-state index contributed by atoms with van der Waals surface area (Å²) in [5.74, 6) is 0.589. The lowest BCUT2D eigenvalue weighted by atomic mass is 10.0. The van der Waals surface area contributed by atoms with Gasteiger partial charge in [-0.3, -0.25) is 9.59 Å². The Bertz CT molecular complexity index is 1770. The maximum absolute atomic E-state index is 14.2. The van der Waals surface area contributed by atoms with Crippen molar-refractivity contribution in [3.8, 4) is 0 Å². The Morgan fingerprint density at radius 3 is 2.31 bits per heavy atom. The normalized spacial score (nSPS) is 20.0. The summed E-state index contributed by atoms with van der Waals surface area (Å²) in [6.45, 7) is 10.8. The number of hydrogen-bond donors (Lipinski definition) is 1. The van der Waals surface area contributed by atoms with Crippen LogP contribution in [0, 0.1) is 11.8 Å². The maximum atomic E-state index is 14.2. The van der Waals surface area contributed by atoms with Crippen molar-refractivity contribution >= 4 is 46.7 Å². The summed E-state index contributed by atoms with van der Waals surface area (Å²) in [5.41, 5.74) is -1.13. The van der Waals surface area contributed by atoms with Gasteiger partial charge in [-0.1, -0.05) is 18.5 Å². The lowest BCUT2D eigenvalue weighted by molar-refractivity contribution is -0.137. The van der Waals surface area contributed by atoms with Crippen LogP contribution in [0.5, 0.6) is 0 Å². The number of nitrogens with zero attached hydrogens (tertiary/aromatic N) is 7. The van der Waals surface area contributed by atoms with Crippen LogP contribution in [0.1, 0.15) is 39.0 Å². The van der Waals surface area contributed by atoms with Crippen LogP contribution in [0.25, 0.3) is 5.78 Å². The van der Waals surface area contributed by atoms with Gasteiger partial charge in [0.1, 0.15) is 17.8 Å². The number of carbonyl (C=O) groups is 2. The summed E-state index contributed by atoms with van der Waals surface area (Å²) in [4.78, 5) is 50.6. The van der Waals surface area contributed by atoms with Crippen LogP contribution in [0.4, 0.5) is 35.3 Å². The van der Waals surface area contributed by atoms with E-state index in [0.717, 1.165) is 18.2 Å². The third-order valence-corrected chi connectivity index (χ3v) is 9.10. The first-order chi connectivity index (χ1) is 22.6. The number of nitrogens with one attached hydrogen (secondary N) is 1. The van der Waals surface area contributed by atoms with Gasteiger partial charge in [-0.2, -0.15) is 22.7 Å². The maximum Gasteiger partial charge on any atom is 0.416 e. The number of hydrogen-bond acceptors (Lipinski definition) is 9. The van der Waals surface area contributed by atoms with Crippen molar-refractivity contribution in [2.24, 2.45) is 11.8 Å². The largest absolute Gasteiger partial charge is 0.444 e. The second-order valence-electron chi connectivity index (χ2n) is 13.3. The monoisotopic (exact) mass is 694 g/mol. The van der Waals surface area contributed by atoms with E-state index in [1.54, 1.807) is 30.2 Å². The molecule has 3 aromatic rings. The predicted molar refractivity (Wildman–Crippen MR) is 172 cm³/mol. The van der Waals surface area contributed by atoms with Gasteiger partial charge in [-0.05, 0) is 45.4 Å². The van der Waals surface area contributed by atoms with Gasteiger partial charge < -0.3 is 34.1 Å². The molecule has 5 heterocycles. The minimum absolute atomic E-state index is 0.0104. The third-order valence-electron chi connectivity index (χ3n) is 8.79. The highest BCUT2D eigenvalue weighted by molar-refractivity contribution is 6.33. The van der Waals surface area contributed by atoms with Gasteiger partial charge in [0.25, 0.3) is 5.56 Å². The van der Waals surface area contributed by atoms with Gasteiger partial charge in [0, 0.05) is 51.1 Å². The van der Waals surface area contributed by atoms with Gasteiger partial charge in [0.2, 0.25) is 17.6 Å². The first kappa shape index (κ1) is 33.8. The van der Waals surface area contributed by atoms with E-state index in [9.17, 15) is 27.6 Å². The molecule has 0 radical (unpaired) electrons. The number of amides is 2. The minimum atomic E-state index is -4.59. The fraction of sp³-hybridized carbons (Fsp3) is 0.581. The number of halogens is 4. The predicted octanol–water partition coefficient (Wildman–Crippen LogP) is 3.90. The molecule has 3 fully saturated rings. The van der Waals surface area contributed by atoms with Crippen LogP contribution in [-0.4, -0.2) is 94.1 Å².